The molecule has 1 N–H and O–H groups in total. The average molecular weight is 356 g/mol. The van der Waals surface area contributed by atoms with Crippen molar-refractivity contribution in [2.45, 2.75) is 6.42 Å². The first kappa shape index (κ1) is 17.7. The third-order valence-corrected chi connectivity index (χ3v) is 4.37. The van der Waals surface area contributed by atoms with Crippen molar-refractivity contribution in [1.82, 2.24) is 0 Å². The summed E-state index contributed by atoms with van der Waals surface area (Å²) in [5.74, 6) is 1.53. The molecule has 0 spiro atoms. The number of ketones is 1. The molecule has 0 saturated carbocycles. The topological polar surface area (TPSA) is 74.2 Å². The molecule has 3 rings (SSSR count). The highest BCUT2D eigenvalue weighted by molar-refractivity contribution is 6.16. The molecule has 6 nitrogen and oxygen atoms in total. The second kappa shape index (κ2) is 7.00. The summed E-state index contributed by atoms with van der Waals surface area (Å²) in [7, 11) is 6.02. The lowest BCUT2D eigenvalue weighted by molar-refractivity contribution is 0.104. The number of carbonyl (C=O) groups excluding carboxylic acids is 1. The first-order valence-electron chi connectivity index (χ1n) is 7.97. The van der Waals surface area contributed by atoms with Crippen molar-refractivity contribution in [2.75, 3.05) is 28.4 Å². The molecule has 26 heavy (non-hydrogen) atoms. The molecule has 0 heterocycles. The second-order valence-electron chi connectivity index (χ2n) is 5.81. The van der Waals surface area contributed by atoms with Crippen LogP contribution in [-0.4, -0.2) is 39.3 Å². The molecule has 136 valence electrons. The van der Waals surface area contributed by atoms with E-state index in [0.717, 1.165) is 5.56 Å². The van der Waals surface area contributed by atoms with Crippen LogP contribution in [-0.2, 0) is 6.42 Å². The Balaban J connectivity index is 2.02. The Morgan fingerprint density at radius 2 is 1.38 bits per heavy atom. The maximum atomic E-state index is 12.8. The fraction of sp³-hybridized carbons (Fsp3) is 0.250. The summed E-state index contributed by atoms with van der Waals surface area (Å²) in [6.45, 7) is 0. The van der Waals surface area contributed by atoms with E-state index in [1.165, 1.54) is 21.3 Å². The molecule has 0 amide bonds. The van der Waals surface area contributed by atoms with Crippen molar-refractivity contribution in [3.05, 3.63) is 46.5 Å². The molecule has 6 heteroatoms. The van der Waals surface area contributed by atoms with Crippen LogP contribution in [0.25, 0.3) is 6.08 Å². The number of rotatable bonds is 5. The Morgan fingerprint density at radius 1 is 0.846 bits per heavy atom. The van der Waals surface area contributed by atoms with Crippen LogP contribution in [0.1, 0.15) is 21.5 Å². The number of benzene rings is 2. The van der Waals surface area contributed by atoms with Gasteiger partial charge in [-0.1, -0.05) is 0 Å². The molecule has 2 aromatic carbocycles. The van der Waals surface area contributed by atoms with Crippen LogP contribution in [0.4, 0.5) is 0 Å². The quantitative estimate of drug-likeness (QED) is 0.829. The van der Waals surface area contributed by atoms with Gasteiger partial charge in [-0.3, -0.25) is 4.79 Å². The van der Waals surface area contributed by atoms with Gasteiger partial charge in [0.25, 0.3) is 0 Å². The average Bonchev–Trinajstić information content (AvgIpc) is 2.96. The number of Topliss-reactive ketones (excluding diaryl/α,β-unsaturated/α-hetero) is 1. The minimum Gasteiger partial charge on any atom is -0.502 e. The predicted molar refractivity (Wildman–Crippen MR) is 96.8 cm³/mol. The van der Waals surface area contributed by atoms with Gasteiger partial charge in [0, 0.05) is 17.6 Å². The maximum absolute atomic E-state index is 12.8. The summed E-state index contributed by atoms with van der Waals surface area (Å²) in [6, 6.07) is 6.84. The molecule has 0 saturated heterocycles. The summed E-state index contributed by atoms with van der Waals surface area (Å²) in [6.07, 6.45) is 2.26. The highest BCUT2D eigenvalue weighted by Gasteiger charge is 2.27. The third-order valence-electron chi connectivity index (χ3n) is 4.37. The van der Waals surface area contributed by atoms with E-state index in [2.05, 4.69) is 0 Å². The van der Waals surface area contributed by atoms with Gasteiger partial charge >= 0.3 is 0 Å². The number of ether oxygens (including phenoxy) is 4. The van der Waals surface area contributed by atoms with Crippen molar-refractivity contribution in [3.8, 4) is 28.7 Å². The van der Waals surface area contributed by atoms with Crippen molar-refractivity contribution < 1.29 is 28.8 Å². The standard InChI is InChI=1S/C20H20O6/c1-23-15-9-12-8-13(19(21)14(12)10-16(15)24-2)5-11-6-17(25-3)20(22)18(7-11)26-4/h5-7,9-10,22H,8H2,1-4H3/b13-5-. The van der Waals surface area contributed by atoms with Gasteiger partial charge in [-0.15, -0.1) is 0 Å². The number of hydrogen-bond acceptors (Lipinski definition) is 6. The second-order valence-corrected chi connectivity index (χ2v) is 5.81. The van der Waals surface area contributed by atoms with E-state index < -0.39 is 0 Å². The van der Waals surface area contributed by atoms with Gasteiger partial charge in [0.05, 0.1) is 28.4 Å². The zero-order valence-corrected chi connectivity index (χ0v) is 15.1. The minimum atomic E-state index is -0.0762. The van der Waals surface area contributed by atoms with E-state index in [9.17, 15) is 9.90 Å². The zero-order chi connectivity index (χ0) is 18.8. The number of allylic oxidation sites excluding steroid dienone is 1. The van der Waals surface area contributed by atoms with Gasteiger partial charge in [0.15, 0.2) is 28.8 Å². The van der Waals surface area contributed by atoms with Crippen LogP contribution in [0.5, 0.6) is 28.7 Å². The number of phenols is 1. The number of fused-ring (bicyclic) bond motifs is 1. The molecule has 0 fully saturated rings. The van der Waals surface area contributed by atoms with Gasteiger partial charge in [0.2, 0.25) is 5.75 Å². The third kappa shape index (κ3) is 2.94. The lowest BCUT2D eigenvalue weighted by atomic mass is 10.1. The van der Waals surface area contributed by atoms with E-state index in [1.54, 1.807) is 31.4 Å². The molecule has 1 aliphatic carbocycles. The first-order valence-corrected chi connectivity index (χ1v) is 7.97. The van der Waals surface area contributed by atoms with Crippen LogP contribution < -0.4 is 18.9 Å². The Kier molecular flexibility index (Phi) is 4.75. The van der Waals surface area contributed by atoms with Crippen LogP contribution >= 0.6 is 0 Å². The Labute approximate surface area is 151 Å². The zero-order valence-electron chi connectivity index (χ0n) is 15.1. The van der Waals surface area contributed by atoms with Crippen molar-refractivity contribution in [3.63, 3.8) is 0 Å². The molecule has 0 aliphatic heterocycles. The Hall–Kier alpha value is -3.15. The summed E-state index contributed by atoms with van der Waals surface area (Å²) in [5, 5.41) is 10.0. The van der Waals surface area contributed by atoms with Gasteiger partial charge in [-0.25, -0.2) is 0 Å². The molecule has 0 bridgehead atoms. The SMILES string of the molecule is COc1cc2c(cc1OC)C(=O)/C(=C\c1cc(OC)c(O)c(OC)c1)C2. The molecule has 0 unspecified atom stereocenters. The van der Waals surface area contributed by atoms with Crippen LogP contribution in [0.3, 0.4) is 0 Å². The van der Waals surface area contributed by atoms with Gasteiger partial charge in [-0.2, -0.15) is 0 Å². The van der Waals surface area contributed by atoms with E-state index in [4.69, 9.17) is 18.9 Å². The monoisotopic (exact) mass is 356 g/mol. The Bertz CT molecular complexity index is 872. The molecular weight excluding hydrogens is 336 g/mol. The molecule has 1 aliphatic rings. The van der Waals surface area contributed by atoms with Gasteiger partial charge in [-0.05, 0) is 41.5 Å². The number of phenolic OH excluding ortho intramolecular Hbond substituents is 1. The summed E-state index contributed by atoms with van der Waals surface area (Å²) >= 11 is 0. The Morgan fingerprint density at radius 3 is 1.92 bits per heavy atom. The summed E-state index contributed by atoms with van der Waals surface area (Å²) in [5.41, 5.74) is 2.82. The predicted octanol–water partition coefficient (Wildman–Crippen LogP) is 3.25. The minimum absolute atomic E-state index is 0.0630. The summed E-state index contributed by atoms with van der Waals surface area (Å²) < 4.78 is 20.9. The van der Waals surface area contributed by atoms with E-state index >= 15 is 0 Å². The number of aromatic hydroxyl groups is 1. The number of carbonyl (C=O) groups is 1. The highest BCUT2D eigenvalue weighted by Crippen LogP contribution is 2.40. The van der Waals surface area contributed by atoms with Crippen molar-refractivity contribution in [1.29, 1.82) is 0 Å². The van der Waals surface area contributed by atoms with Crippen molar-refractivity contribution >= 4 is 11.9 Å². The molecule has 2 aromatic rings. The van der Waals surface area contributed by atoms with Crippen molar-refractivity contribution in [2.24, 2.45) is 0 Å². The lowest BCUT2D eigenvalue weighted by Crippen LogP contribution is -1.98. The maximum Gasteiger partial charge on any atom is 0.200 e. The largest absolute Gasteiger partial charge is 0.502 e. The number of hydrogen-bond donors (Lipinski definition) is 1. The fourth-order valence-corrected chi connectivity index (χ4v) is 3.05. The van der Waals surface area contributed by atoms with Crippen LogP contribution in [0.15, 0.2) is 29.8 Å². The smallest absolute Gasteiger partial charge is 0.200 e. The molecule has 0 atom stereocenters. The first-order chi connectivity index (χ1) is 12.5. The van der Waals surface area contributed by atoms with Gasteiger partial charge in [0.1, 0.15) is 0 Å². The normalized spacial score (nSPS) is 14.3. The van der Waals surface area contributed by atoms with Gasteiger partial charge < -0.3 is 24.1 Å². The summed E-state index contributed by atoms with van der Waals surface area (Å²) in [4.78, 5) is 12.8. The van der Waals surface area contributed by atoms with E-state index in [-0.39, 0.29) is 23.0 Å². The number of methoxy groups -OCH3 is 4. The lowest BCUT2D eigenvalue weighted by Gasteiger charge is -2.09. The van der Waals surface area contributed by atoms with E-state index in [1.807, 2.05) is 6.07 Å². The highest BCUT2D eigenvalue weighted by atomic mass is 16.5. The molecule has 0 radical (unpaired) electrons. The molecule has 0 aromatic heterocycles. The van der Waals surface area contributed by atoms with Crippen LogP contribution in [0.2, 0.25) is 0 Å². The molecular formula is C20H20O6. The fourth-order valence-electron chi connectivity index (χ4n) is 3.05. The van der Waals surface area contributed by atoms with Crippen LogP contribution in [0, 0.1) is 0 Å². The van der Waals surface area contributed by atoms with E-state index in [0.29, 0.717) is 34.6 Å².